The summed E-state index contributed by atoms with van der Waals surface area (Å²) in [5.74, 6) is 0.0228. The van der Waals surface area contributed by atoms with Crippen molar-refractivity contribution >= 4 is 17.7 Å². The molecule has 0 aliphatic carbocycles. The largest absolute Gasteiger partial charge is 0.444 e. The molecule has 2 rings (SSSR count). The highest BCUT2D eigenvalue weighted by molar-refractivity contribution is 5.85. The fraction of sp³-hybridized carbons (Fsp3) is 0.350. The topological polar surface area (TPSA) is 71.5 Å². The molecule has 0 bridgehead atoms. The molecule has 2 amide bonds. The molecule has 1 aromatic carbocycles. The van der Waals surface area contributed by atoms with Gasteiger partial charge in [0.2, 0.25) is 5.91 Å². The minimum Gasteiger partial charge on any atom is -0.444 e. The standard InChI is InChI=1S/C20H25N3O3/c1-20(2,3)26-19(25)22-17-7-5-15(6-8-17)13-18(24)23(4)14-16-9-11-21-12-10-16/h5-12H,13-14H2,1-4H3,(H,22,25). The summed E-state index contributed by atoms with van der Waals surface area (Å²) in [7, 11) is 1.78. The van der Waals surface area contributed by atoms with Crippen molar-refractivity contribution in [3.8, 4) is 0 Å². The Labute approximate surface area is 154 Å². The predicted molar refractivity (Wildman–Crippen MR) is 101 cm³/mol. The Morgan fingerprint density at radius 3 is 2.23 bits per heavy atom. The number of ether oxygens (including phenoxy) is 1. The lowest BCUT2D eigenvalue weighted by molar-refractivity contribution is -0.129. The highest BCUT2D eigenvalue weighted by Crippen LogP contribution is 2.14. The van der Waals surface area contributed by atoms with Crippen LogP contribution >= 0.6 is 0 Å². The highest BCUT2D eigenvalue weighted by atomic mass is 16.6. The minimum absolute atomic E-state index is 0.0228. The summed E-state index contributed by atoms with van der Waals surface area (Å²) in [6, 6.07) is 10.9. The van der Waals surface area contributed by atoms with Gasteiger partial charge in [-0.15, -0.1) is 0 Å². The first kappa shape index (κ1) is 19.4. The monoisotopic (exact) mass is 355 g/mol. The lowest BCUT2D eigenvalue weighted by Crippen LogP contribution is -2.28. The molecule has 0 spiro atoms. The highest BCUT2D eigenvalue weighted by Gasteiger charge is 2.16. The van der Waals surface area contributed by atoms with Crippen LogP contribution in [-0.4, -0.2) is 34.5 Å². The van der Waals surface area contributed by atoms with Crippen molar-refractivity contribution in [2.45, 2.75) is 39.3 Å². The van der Waals surface area contributed by atoms with E-state index < -0.39 is 11.7 Å². The maximum atomic E-state index is 12.4. The van der Waals surface area contributed by atoms with Gasteiger partial charge in [0.15, 0.2) is 0 Å². The molecule has 26 heavy (non-hydrogen) atoms. The Hall–Kier alpha value is -2.89. The molecule has 0 saturated heterocycles. The van der Waals surface area contributed by atoms with Crippen LogP contribution in [-0.2, 0) is 22.5 Å². The Morgan fingerprint density at radius 1 is 1.04 bits per heavy atom. The van der Waals surface area contributed by atoms with Crippen LogP contribution in [0.3, 0.4) is 0 Å². The smallest absolute Gasteiger partial charge is 0.412 e. The zero-order chi connectivity index (χ0) is 19.2. The molecule has 0 fully saturated rings. The number of rotatable bonds is 5. The first-order chi connectivity index (χ1) is 12.2. The van der Waals surface area contributed by atoms with E-state index >= 15 is 0 Å². The van der Waals surface area contributed by atoms with Crippen LogP contribution in [0, 0.1) is 0 Å². The van der Waals surface area contributed by atoms with Gasteiger partial charge in [0.1, 0.15) is 5.60 Å². The normalized spacial score (nSPS) is 10.9. The van der Waals surface area contributed by atoms with Crippen LogP contribution in [0.2, 0.25) is 0 Å². The maximum Gasteiger partial charge on any atom is 0.412 e. The number of pyridine rings is 1. The molecule has 2 aromatic rings. The van der Waals surface area contributed by atoms with Crippen LogP contribution in [0.15, 0.2) is 48.8 Å². The van der Waals surface area contributed by atoms with Crippen LogP contribution in [0.5, 0.6) is 0 Å². The third-order valence-corrected chi connectivity index (χ3v) is 3.55. The average Bonchev–Trinajstić information content (AvgIpc) is 2.55. The van der Waals surface area contributed by atoms with Crippen molar-refractivity contribution in [1.82, 2.24) is 9.88 Å². The van der Waals surface area contributed by atoms with Gasteiger partial charge >= 0.3 is 6.09 Å². The molecule has 1 aromatic heterocycles. The van der Waals surface area contributed by atoms with Gasteiger partial charge in [-0.25, -0.2) is 4.79 Å². The molecule has 6 heteroatoms. The van der Waals surface area contributed by atoms with E-state index in [2.05, 4.69) is 10.3 Å². The van der Waals surface area contributed by atoms with E-state index in [4.69, 9.17) is 4.74 Å². The second-order valence-corrected chi connectivity index (χ2v) is 7.11. The molecule has 138 valence electrons. The van der Waals surface area contributed by atoms with Crippen molar-refractivity contribution in [2.75, 3.05) is 12.4 Å². The number of anilines is 1. The van der Waals surface area contributed by atoms with Crippen molar-refractivity contribution in [2.24, 2.45) is 0 Å². The summed E-state index contributed by atoms with van der Waals surface area (Å²) in [5, 5.41) is 2.67. The summed E-state index contributed by atoms with van der Waals surface area (Å²) < 4.78 is 5.21. The van der Waals surface area contributed by atoms with Crippen molar-refractivity contribution in [1.29, 1.82) is 0 Å². The van der Waals surface area contributed by atoms with E-state index in [0.29, 0.717) is 18.7 Å². The molecule has 0 atom stereocenters. The third kappa shape index (κ3) is 6.55. The Bertz CT molecular complexity index is 737. The van der Waals surface area contributed by atoms with E-state index in [1.165, 1.54) is 0 Å². The number of nitrogens with one attached hydrogen (secondary N) is 1. The number of aromatic nitrogens is 1. The second kappa shape index (κ2) is 8.47. The van der Waals surface area contributed by atoms with E-state index in [1.54, 1.807) is 36.5 Å². The molecule has 1 N–H and O–H groups in total. The number of benzene rings is 1. The van der Waals surface area contributed by atoms with Crippen LogP contribution in [0.4, 0.5) is 10.5 Å². The number of nitrogens with zero attached hydrogens (tertiary/aromatic N) is 2. The van der Waals surface area contributed by atoms with Gasteiger partial charge in [-0.05, 0) is 56.2 Å². The van der Waals surface area contributed by atoms with Gasteiger partial charge in [-0.2, -0.15) is 0 Å². The van der Waals surface area contributed by atoms with Gasteiger partial charge in [0.05, 0.1) is 6.42 Å². The maximum absolute atomic E-state index is 12.4. The molecule has 0 aliphatic heterocycles. The van der Waals surface area contributed by atoms with E-state index in [9.17, 15) is 9.59 Å². The quantitative estimate of drug-likeness (QED) is 0.889. The zero-order valence-electron chi connectivity index (χ0n) is 15.7. The molecule has 1 heterocycles. The first-order valence-electron chi connectivity index (χ1n) is 8.45. The Morgan fingerprint density at radius 2 is 1.65 bits per heavy atom. The van der Waals surface area contributed by atoms with Crippen molar-refractivity contribution in [3.05, 3.63) is 59.9 Å². The molecule has 0 saturated carbocycles. The lowest BCUT2D eigenvalue weighted by atomic mass is 10.1. The minimum atomic E-state index is -0.546. The van der Waals surface area contributed by atoms with Gasteiger partial charge in [0.25, 0.3) is 0 Å². The fourth-order valence-electron chi connectivity index (χ4n) is 2.29. The lowest BCUT2D eigenvalue weighted by Gasteiger charge is -2.20. The van der Waals surface area contributed by atoms with Crippen LogP contribution in [0.25, 0.3) is 0 Å². The SMILES string of the molecule is CN(Cc1ccncc1)C(=O)Cc1ccc(NC(=O)OC(C)(C)C)cc1. The second-order valence-electron chi connectivity index (χ2n) is 7.11. The van der Waals surface area contributed by atoms with Gasteiger partial charge in [-0.3, -0.25) is 15.1 Å². The number of hydrogen-bond acceptors (Lipinski definition) is 4. The van der Waals surface area contributed by atoms with E-state index in [1.807, 2.05) is 45.0 Å². The number of likely N-dealkylation sites (N-methyl/N-ethyl adjacent to an activating group) is 1. The molecule has 6 nitrogen and oxygen atoms in total. The Balaban J connectivity index is 1.88. The third-order valence-electron chi connectivity index (χ3n) is 3.55. The number of hydrogen-bond donors (Lipinski definition) is 1. The molecule has 0 unspecified atom stereocenters. The van der Waals surface area contributed by atoms with Crippen LogP contribution in [0.1, 0.15) is 31.9 Å². The summed E-state index contributed by atoms with van der Waals surface area (Å²) in [6.45, 7) is 5.97. The van der Waals surface area contributed by atoms with Gasteiger partial charge in [-0.1, -0.05) is 12.1 Å². The summed E-state index contributed by atoms with van der Waals surface area (Å²) in [6.07, 6.45) is 3.22. The number of amides is 2. The van der Waals surface area contributed by atoms with E-state index in [-0.39, 0.29) is 5.91 Å². The average molecular weight is 355 g/mol. The van der Waals surface area contributed by atoms with Crippen molar-refractivity contribution < 1.29 is 14.3 Å². The summed E-state index contributed by atoms with van der Waals surface area (Å²) in [4.78, 5) is 29.8. The predicted octanol–water partition coefficient (Wildman–Crippen LogP) is 3.63. The van der Waals surface area contributed by atoms with Crippen molar-refractivity contribution in [3.63, 3.8) is 0 Å². The molecular formula is C20H25N3O3. The first-order valence-corrected chi connectivity index (χ1v) is 8.45. The summed E-state index contributed by atoms with van der Waals surface area (Å²) >= 11 is 0. The van der Waals surface area contributed by atoms with Gasteiger partial charge < -0.3 is 9.64 Å². The number of carbonyl (C=O) groups excluding carboxylic acids is 2. The Kier molecular flexibility index (Phi) is 6.33. The number of carbonyl (C=O) groups is 2. The zero-order valence-corrected chi connectivity index (χ0v) is 15.7. The fourth-order valence-corrected chi connectivity index (χ4v) is 2.29. The molecule has 0 radical (unpaired) electrons. The molecule has 0 aliphatic rings. The van der Waals surface area contributed by atoms with E-state index in [0.717, 1.165) is 11.1 Å². The molecular weight excluding hydrogens is 330 g/mol. The summed E-state index contributed by atoms with van der Waals surface area (Å²) in [5.41, 5.74) is 2.00. The van der Waals surface area contributed by atoms with Gasteiger partial charge in [0, 0.05) is 31.7 Å². The van der Waals surface area contributed by atoms with Crippen LogP contribution < -0.4 is 5.32 Å².